The van der Waals surface area contributed by atoms with Gasteiger partial charge in [-0.2, -0.15) is 0 Å². The van der Waals surface area contributed by atoms with Crippen molar-refractivity contribution in [3.8, 4) is 0 Å². The fourth-order valence-electron chi connectivity index (χ4n) is 8.95. The number of aromatic nitrogens is 1. The minimum Gasteiger partial charge on any atom is -0.306 e. The summed E-state index contributed by atoms with van der Waals surface area (Å²) in [5, 5.41) is 2.62. The molecule has 2 heteroatoms. The normalized spacial score (nSPS) is 41.2. The molecule has 0 spiro atoms. The van der Waals surface area contributed by atoms with Crippen LogP contribution in [-0.2, 0) is 0 Å². The van der Waals surface area contributed by atoms with Crippen LogP contribution in [0.2, 0.25) is 0 Å². The third kappa shape index (κ3) is 2.98. The highest BCUT2D eigenvalue weighted by Crippen LogP contribution is 2.68. The lowest BCUT2D eigenvalue weighted by Gasteiger charge is -2.58. The third-order valence-corrected chi connectivity index (χ3v) is 10.9. The van der Waals surface area contributed by atoms with E-state index in [1.165, 1.54) is 62.1 Å². The molecule has 7 atom stereocenters. The molecule has 2 aromatic rings. The molecule has 0 N–H and O–H groups in total. The van der Waals surface area contributed by atoms with E-state index < -0.39 is 0 Å². The topological polar surface area (TPSA) is 16.1 Å². The molecule has 0 aliphatic heterocycles. The summed E-state index contributed by atoms with van der Waals surface area (Å²) in [6.45, 7) is 5.30. The van der Waals surface area contributed by atoms with E-state index in [2.05, 4.69) is 68.2 Å². The zero-order valence-electron chi connectivity index (χ0n) is 20.5. The van der Waals surface area contributed by atoms with Gasteiger partial charge >= 0.3 is 0 Å². The molecule has 4 aliphatic rings. The van der Waals surface area contributed by atoms with Gasteiger partial charge in [0.1, 0.15) is 0 Å². The smallest absolute Gasteiger partial charge is 0.0346 e. The van der Waals surface area contributed by atoms with E-state index in [1.54, 1.807) is 5.56 Å². The fraction of sp³-hybridized carbons (Fsp3) is 0.633. The average molecular weight is 429 g/mol. The largest absolute Gasteiger partial charge is 0.306 e. The zero-order chi connectivity index (χ0) is 22.1. The van der Waals surface area contributed by atoms with E-state index in [0.29, 0.717) is 16.7 Å². The molecule has 4 aliphatic carbocycles. The molecule has 0 saturated heterocycles. The van der Waals surface area contributed by atoms with Gasteiger partial charge in [-0.1, -0.05) is 37.6 Å². The standard InChI is InChI=1S/C30H40N2/c1-29-14-11-24(32(3)4)18-23(29)7-8-25-27-10-9-26(30(27,2)15-12-28(25)29)21-6-5-20-13-16-31-19-22(20)17-21/h5-7,13,16-17,19,24-28H,8-12,14-15,18H2,1-4H3/t24-,25+,26?,27-,28-,29-,30+/m0/s1. The first kappa shape index (κ1) is 20.9. The monoisotopic (exact) mass is 428 g/mol. The number of pyridine rings is 1. The van der Waals surface area contributed by atoms with Gasteiger partial charge in [-0.05, 0) is 123 Å². The highest BCUT2D eigenvalue weighted by molar-refractivity contribution is 5.82. The van der Waals surface area contributed by atoms with Crippen LogP contribution in [-0.4, -0.2) is 30.0 Å². The number of hydrogen-bond acceptors (Lipinski definition) is 2. The van der Waals surface area contributed by atoms with Gasteiger partial charge in [0.2, 0.25) is 0 Å². The van der Waals surface area contributed by atoms with Crippen LogP contribution in [0, 0.1) is 28.6 Å². The molecule has 1 aromatic carbocycles. The van der Waals surface area contributed by atoms with Crippen molar-refractivity contribution in [3.63, 3.8) is 0 Å². The number of allylic oxidation sites excluding steroid dienone is 1. The molecule has 1 unspecified atom stereocenters. The first-order chi connectivity index (χ1) is 15.4. The summed E-state index contributed by atoms with van der Waals surface area (Å²) < 4.78 is 0. The van der Waals surface area contributed by atoms with Gasteiger partial charge < -0.3 is 4.90 Å². The van der Waals surface area contributed by atoms with Gasteiger partial charge in [0.25, 0.3) is 0 Å². The SMILES string of the molecule is CN(C)[C@H]1CC[C@@]2(C)C(=CC[C@H]3[C@@H]2CC[C@]2(C)C(c4ccc5ccncc5c4)CC[C@@H]32)C1. The molecule has 3 fully saturated rings. The second-order valence-corrected chi connectivity index (χ2v) is 12.3. The van der Waals surface area contributed by atoms with E-state index in [9.17, 15) is 0 Å². The quantitative estimate of drug-likeness (QED) is 0.470. The van der Waals surface area contributed by atoms with Crippen molar-refractivity contribution in [2.45, 2.75) is 77.2 Å². The van der Waals surface area contributed by atoms with Gasteiger partial charge in [0.05, 0.1) is 0 Å². The van der Waals surface area contributed by atoms with Gasteiger partial charge in [0.15, 0.2) is 0 Å². The fourth-order valence-corrected chi connectivity index (χ4v) is 8.95. The van der Waals surface area contributed by atoms with Crippen molar-refractivity contribution in [3.05, 3.63) is 53.9 Å². The van der Waals surface area contributed by atoms with Crippen LogP contribution in [0.15, 0.2) is 48.3 Å². The van der Waals surface area contributed by atoms with Crippen molar-refractivity contribution in [1.29, 1.82) is 0 Å². The molecule has 0 bridgehead atoms. The van der Waals surface area contributed by atoms with Crippen LogP contribution < -0.4 is 0 Å². The van der Waals surface area contributed by atoms with Crippen LogP contribution in [0.25, 0.3) is 10.8 Å². The minimum atomic E-state index is 0.458. The van der Waals surface area contributed by atoms with E-state index in [1.807, 2.05) is 18.0 Å². The predicted molar refractivity (Wildman–Crippen MR) is 134 cm³/mol. The second kappa shape index (κ2) is 7.42. The van der Waals surface area contributed by atoms with Crippen LogP contribution in [0.3, 0.4) is 0 Å². The number of fused-ring (bicyclic) bond motifs is 6. The van der Waals surface area contributed by atoms with Crippen molar-refractivity contribution in [1.82, 2.24) is 9.88 Å². The van der Waals surface area contributed by atoms with E-state index >= 15 is 0 Å². The molecular formula is C30H40N2. The molecule has 1 aromatic heterocycles. The van der Waals surface area contributed by atoms with Crippen LogP contribution in [0.1, 0.15) is 76.7 Å². The third-order valence-electron chi connectivity index (χ3n) is 10.9. The van der Waals surface area contributed by atoms with Crippen molar-refractivity contribution < 1.29 is 0 Å². The molecule has 2 nitrogen and oxygen atoms in total. The lowest BCUT2D eigenvalue weighted by molar-refractivity contribution is -0.0356. The first-order valence-corrected chi connectivity index (χ1v) is 13.1. The van der Waals surface area contributed by atoms with E-state index in [-0.39, 0.29) is 0 Å². The Labute approximate surface area is 194 Å². The summed E-state index contributed by atoms with van der Waals surface area (Å²) in [5.41, 5.74) is 4.30. The van der Waals surface area contributed by atoms with Crippen LogP contribution in [0.4, 0.5) is 0 Å². The Kier molecular flexibility index (Phi) is 4.85. The highest BCUT2D eigenvalue weighted by Gasteiger charge is 2.58. The molecule has 1 heterocycles. The summed E-state index contributed by atoms with van der Waals surface area (Å²) in [5.74, 6) is 3.39. The Bertz CT molecular complexity index is 1050. The van der Waals surface area contributed by atoms with Crippen LogP contribution >= 0.6 is 0 Å². The minimum absolute atomic E-state index is 0.458. The van der Waals surface area contributed by atoms with Gasteiger partial charge in [-0.3, -0.25) is 4.98 Å². The van der Waals surface area contributed by atoms with E-state index in [4.69, 9.17) is 0 Å². The predicted octanol–water partition coefficient (Wildman–Crippen LogP) is 7.21. The number of rotatable bonds is 2. The Hall–Kier alpha value is -1.67. The van der Waals surface area contributed by atoms with Gasteiger partial charge in [-0.15, -0.1) is 0 Å². The second-order valence-electron chi connectivity index (χ2n) is 12.3. The number of hydrogen-bond donors (Lipinski definition) is 0. The molecule has 0 amide bonds. The number of nitrogens with zero attached hydrogens (tertiary/aromatic N) is 2. The highest BCUT2D eigenvalue weighted by atomic mass is 15.1. The Morgan fingerprint density at radius 1 is 0.938 bits per heavy atom. The summed E-state index contributed by atoms with van der Waals surface area (Å²) in [7, 11) is 4.54. The maximum atomic E-state index is 4.39. The molecule has 170 valence electrons. The van der Waals surface area contributed by atoms with E-state index in [0.717, 1.165) is 23.8 Å². The summed E-state index contributed by atoms with van der Waals surface area (Å²) in [6.07, 6.45) is 17.7. The van der Waals surface area contributed by atoms with Crippen molar-refractivity contribution in [2.75, 3.05) is 14.1 Å². The number of benzene rings is 1. The van der Waals surface area contributed by atoms with Gasteiger partial charge in [0, 0.05) is 23.8 Å². The Balaban J connectivity index is 1.30. The molecule has 6 rings (SSSR count). The maximum absolute atomic E-state index is 4.39. The molecular weight excluding hydrogens is 388 g/mol. The molecule has 0 radical (unpaired) electrons. The Morgan fingerprint density at radius 2 is 1.81 bits per heavy atom. The van der Waals surface area contributed by atoms with Crippen molar-refractivity contribution >= 4 is 10.8 Å². The lowest BCUT2D eigenvalue weighted by atomic mass is 9.47. The van der Waals surface area contributed by atoms with Crippen molar-refractivity contribution in [2.24, 2.45) is 28.6 Å². The Morgan fingerprint density at radius 3 is 2.66 bits per heavy atom. The lowest BCUT2D eigenvalue weighted by Crippen LogP contribution is -2.51. The first-order valence-electron chi connectivity index (χ1n) is 13.1. The maximum Gasteiger partial charge on any atom is 0.0346 e. The summed E-state index contributed by atoms with van der Waals surface area (Å²) in [6, 6.07) is 10.1. The van der Waals surface area contributed by atoms with Crippen LogP contribution in [0.5, 0.6) is 0 Å². The average Bonchev–Trinajstić information content (AvgIpc) is 3.15. The summed E-state index contributed by atoms with van der Waals surface area (Å²) in [4.78, 5) is 6.85. The molecule has 32 heavy (non-hydrogen) atoms. The zero-order valence-corrected chi connectivity index (χ0v) is 20.5. The summed E-state index contributed by atoms with van der Waals surface area (Å²) >= 11 is 0. The molecule has 3 saturated carbocycles. The van der Waals surface area contributed by atoms with Gasteiger partial charge in [-0.25, -0.2) is 0 Å².